The molecule has 1 aliphatic heterocycles. The number of rotatable bonds is 8. The summed E-state index contributed by atoms with van der Waals surface area (Å²) in [4.78, 5) is 25.5. The second kappa shape index (κ2) is 12.6. The Balaban J connectivity index is 1.33. The Kier molecular flexibility index (Phi) is 8.60. The van der Waals surface area contributed by atoms with E-state index >= 15 is 0 Å². The minimum atomic E-state index is -0.714. The predicted molar refractivity (Wildman–Crippen MR) is 176 cm³/mol. The summed E-state index contributed by atoms with van der Waals surface area (Å²) in [5.74, 6) is 1.51. The molecule has 1 unspecified atom stereocenters. The van der Waals surface area contributed by atoms with E-state index < -0.39 is 17.6 Å². The Hall–Kier alpha value is -4.30. The molecule has 1 amide bonds. The summed E-state index contributed by atoms with van der Waals surface area (Å²) in [6.07, 6.45) is 6.47. The van der Waals surface area contributed by atoms with Crippen LogP contribution in [0.4, 0.5) is 0 Å². The van der Waals surface area contributed by atoms with Gasteiger partial charge in [0.05, 0.1) is 32.0 Å². The van der Waals surface area contributed by atoms with E-state index in [1.165, 1.54) is 55.9 Å². The monoisotopic (exact) mass is 609 g/mol. The number of benzene rings is 3. The van der Waals surface area contributed by atoms with Crippen molar-refractivity contribution in [2.75, 3.05) is 20.8 Å². The summed E-state index contributed by atoms with van der Waals surface area (Å²) in [6, 6.07) is 19.4. The van der Waals surface area contributed by atoms with Crippen molar-refractivity contribution >= 4 is 22.8 Å². The maximum absolute atomic E-state index is 13.8. The molecule has 2 heterocycles. The number of nitrogens with zero attached hydrogens (tertiary/aromatic N) is 1. The highest BCUT2D eigenvalue weighted by Crippen LogP contribution is 2.47. The maximum Gasteiger partial charge on any atom is 0.322 e. The molecule has 8 heteroatoms. The van der Waals surface area contributed by atoms with Gasteiger partial charge in [0.1, 0.15) is 24.1 Å². The molecular formula is C37H43N3O5. The van der Waals surface area contributed by atoms with Crippen LogP contribution in [0.15, 0.2) is 60.7 Å². The van der Waals surface area contributed by atoms with E-state index in [1.54, 1.807) is 7.11 Å². The van der Waals surface area contributed by atoms with Gasteiger partial charge in [-0.2, -0.15) is 0 Å². The molecule has 1 saturated carbocycles. The van der Waals surface area contributed by atoms with E-state index in [0.29, 0.717) is 31.1 Å². The lowest BCUT2D eigenvalue weighted by Crippen LogP contribution is -2.41. The number of nitrogens with two attached hydrogens (primary N) is 1. The molecule has 1 fully saturated rings. The van der Waals surface area contributed by atoms with Crippen LogP contribution in [0.5, 0.6) is 11.5 Å². The zero-order valence-electron chi connectivity index (χ0n) is 26.7. The van der Waals surface area contributed by atoms with E-state index in [9.17, 15) is 9.59 Å². The van der Waals surface area contributed by atoms with Gasteiger partial charge in [0.15, 0.2) is 0 Å². The Morgan fingerprint density at radius 1 is 1.02 bits per heavy atom. The summed E-state index contributed by atoms with van der Waals surface area (Å²) in [6.45, 7) is 5.21. The molecule has 8 nitrogen and oxygen atoms in total. The first kappa shape index (κ1) is 30.7. The number of methoxy groups -OCH3 is 2. The lowest BCUT2D eigenvalue weighted by atomic mass is 9.81. The lowest BCUT2D eigenvalue weighted by molar-refractivity contribution is -0.142. The summed E-state index contributed by atoms with van der Waals surface area (Å²) < 4.78 is 18.9. The fourth-order valence-electron chi connectivity index (χ4n) is 7.01. The third kappa shape index (κ3) is 6.03. The summed E-state index contributed by atoms with van der Waals surface area (Å²) in [7, 11) is 3.01. The number of carbonyl (C=O) groups excluding carboxylic acids is 2. The lowest BCUT2D eigenvalue weighted by Gasteiger charge is -2.27. The van der Waals surface area contributed by atoms with Gasteiger partial charge in [-0.05, 0) is 80.0 Å². The quantitative estimate of drug-likeness (QED) is 0.222. The number of esters is 1. The van der Waals surface area contributed by atoms with Crippen molar-refractivity contribution < 1.29 is 23.8 Å². The van der Waals surface area contributed by atoms with Crippen LogP contribution in [-0.2, 0) is 28.0 Å². The molecule has 0 saturated heterocycles. The van der Waals surface area contributed by atoms with Gasteiger partial charge in [0.25, 0.3) is 5.91 Å². The Morgan fingerprint density at radius 3 is 2.49 bits per heavy atom. The van der Waals surface area contributed by atoms with E-state index in [0.717, 1.165) is 33.7 Å². The predicted octanol–water partition coefficient (Wildman–Crippen LogP) is 6.46. The number of nitrogens with one attached hydrogen (secondary N) is 1. The number of carbonyl (C=O) groups is 2. The van der Waals surface area contributed by atoms with Gasteiger partial charge in [-0.1, -0.05) is 49.6 Å². The van der Waals surface area contributed by atoms with Gasteiger partial charge in [0, 0.05) is 28.1 Å². The van der Waals surface area contributed by atoms with E-state index in [1.807, 2.05) is 62.4 Å². The number of hydrogen-bond donors (Lipinski definition) is 2. The van der Waals surface area contributed by atoms with Crippen LogP contribution >= 0.6 is 0 Å². The molecule has 236 valence electrons. The summed E-state index contributed by atoms with van der Waals surface area (Å²) in [5.41, 5.74) is 12.5. The van der Waals surface area contributed by atoms with Crippen LogP contribution in [0.25, 0.3) is 22.2 Å². The number of ether oxygens (including phenoxy) is 3. The molecule has 45 heavy (non-hydrogen) atoms. The van der Waals surface area contributed by atoms with Crippen molar-refractivity contribution in [1.29, 1.82) is 0 Å². The van der Waals surface area contributed by atoms with Crippen LogP contribution in [0, 0.1) is 0 Å². The molecule has 2 aliphatic rings. The second-order valence-corrected chi connectivity index (χ2v) is 12.8. The van der Waals surface area contributed by atoms with Crippen LogP contribution in [0.3, 0.4) is 0 Å². The fourth-order valence-corrected chi connectivity index (χ4v) is 7.01. The molecule has 3 N–H and O–H groups in total. The fraction of sp³-hybridized carbons (Fsp3) is 0.405. The van der Waals surface area contributed by atoms with E-state index in [4.69, 9.17) is 19.9 Å². The molecule has 3 aromatic carbocycles. The van der Waals surface area contributed by atoms with Crippen molar-refractivity contribution in [2.24, 2.45) is 5.73 Å². The maximum atomic E-state index is 13.8. The van der Waals surface area contributed by atoms with Gasteiger partial charge >= 0.3 is 5.97 Å². The minimum Gasteiger partial charge on any atom is -0.497 e. The van der Waals surface area contributed by atoms with Crippen LogP contribution < -0.4 is 20.5 Å². The molecule has 6 rings (SSSR count). The molecule has 1 aliphatic carbocycles. The van der Waals surface area contributed by atoms with Crippen molar-refractivity contribution in [1.82, 2.24) is 9.88 Å². The van der Waals surface area contributed by atoms with Gasteiger partial charge in [0.2, 0.25) is 0 Å². The highest BCUT2D eigenvalue weighted by molar-refractivity contribution is 6.01. The number of aromatic nitrogens is 1. The first-order chi connectivity index (χ1) is 21.7. The summed E-state index contributed by atoms with van der Waals surface area (Å²) >= 11 is 0. The van der Waals surface area contributed by atoms with Crippen molar-refractivity contribution in [3.8, 4) is 22.8 Å². The summed E-state index contributed by atoms with van der Waals surface area (Å²) in [5, 5.41) is 4.47. The van der Waals surface area contributed by atoms with Crippen LogP contribution in [0.1, 0.15) is 78.9 Å². The van der Waals surface area contributed by atoms with Crippen molar-refractivity contribution in [2.45, 2.75) is 76.4 Å². The van der Waals surface area contributed by atoms with Gasteiger partial charge < -0.3 is 29.8 Å². The number of hydrogen-bond acceptors (Lipinski definition) is 6. The zero-order valence-corrected chi connectivity index (χ0v) is 26.7. The van der Waals surface area contributed by atoms with Crippen LogP contribution in [-0.4, -0.2) is 43.3 Å². The van der Waals surface area contributed by atoms with Crippen LogP contribution in [0.2, 0.25) is 0 Å². The average molecular weight is 610 g/mol. The molecule has 0 spiro atoms. The van der Waals surface area contributed by atoms with Gasteiger partial charge in [-0.3, -0.25) is 9.59 Å². The Labute approximate surface area is 264 Å². The zero-order chi connectivity index (χ0) is 31.7. The number of amides is 1. The van der Waals surface area contributed by atoms with E-state index in [-0.39, 0.29) is 5.91 Å². The Bertz CT molecular complexity index is 1720. The standard InChI is InChI=1S/C37H43N3O5/c1-37(2,26-13-10-23(11-14-26)20-30(38)36(42)44-4)39-35(41)25-12-16-28-31(21-25)40-18-19-45-32-22-27(43-3)15-17-29(32)34(40)33(28)24-8-6-5-7-9-24/h10-17,21-22,24,30H,5-9,18-20,38H2,1-4H3,(H,39,41). The first-order valence-electron chi connectivity index (χ1n) is 15.9. The van der Waals surface area contributed by atoms with Crippen molar-refractivity contribution in [3.05, 3.63) is 82.9 Å². The smallest absolute Gasteiger partial charge is 0.322 e. The molecule has 0 radical (unpaired) electrons. The van der Waals surface area contributed by atoms with E-state index in [2.05, 4.69) is 22.0 Å². The largest absolute Gasteiger partial charge is 0.497 e. The molecular weight excluding hydrogens is 566 g/mol. The minimum absolute atomic E-state index is 0.136. The highest BCUT2D eigenvalue weighted by atomic mass is 16.5. The SMILES string of the molecule is COC(=O)C(N)Cc1ccc(C(C)(C)NC(=O)c2ccc3c(C4CCCCC4)c4n(c3c2)CCOc2cc(OC)ccc2-4)cc1. The first-order valence-corrected chi connectivity index (χ1v) is 15.9. The third-order valence-electron chi connectivity index (χ3n) is 9.46. The molecule has 1 aromatic heterocycles. The third-order valence-corrected chi connectivity index (χ3v) is 9.46. The Morgan fingerprint density at radius 2 is 1.78 bits per heavy atom. The molecule has 0 bridgehead atoms. The molecule has 4 aromatic rings. The normalized spacial score (nSPS) is 15.8. The molecule has 1 atom stereocenters. The highest BCUT2D eigenvalue weighted by Gasteiger charge is 2.30. The topological polar surface area (TPSA) is 105 Å². The van der Waals surface area contributed by atoms with Gasteiger partial charge in [-0.15, -0.1) is 0 Å². The van der Waals surface area contributed by atoms with Crippen molar-refractivity contribution in [3.63, 3.8) is 0 Å². The number of fused-ring (bicyclic) bond motifs is 5. The van der Waals surface area contributed by atoms with Gasteiger partial charge in [-0.25, -0.2) is 0 Å². The second-order valence-electron chi connectivity index (χ2n) is 12.8. The average Bonchev–Trinajstić information content (AvgIpc) is 3.25.